The summed E-state index contributed by atoms with van der Waals surface area (Å²) in [7, 11) is 0. The Kier molecular flexibility index (Phi) is 6.42. The fraction of sp³-hybridized carbons (Fsp3) is 0.714. The number of ether oxygens (including phenoxy) is 1. The lowest BCUT2D eigenvalue weighted by atomic mass is 10.2. The van der Waals surface area contributed by atoms with Crippen molar-refractivity contribution in [3.63, 3.8) is 0 Å². The van der Waals surface area contributed by atoms with Crippen LogP contribution in [0.15, 0.2) is 11.6 Å². The summed E-state index contributed by atoms with van der Waals surface area (Å²) in [6.07, 6.45) is 2.39. The Morgan fingerprint density at radius 2 is 2.20 bits per heavy atom. The van der Waals surface area contributed by atoms with Crippen LogP contribution in [0.25, 0.3) is 0 Å². The summed E-state index contributed by atoms with van der Waals surface area (Å²) in [5, 5.41) is 9.29. The number of aromatic nitrogens is 1. The zero-order chi connectivity index (χ0) is 15.2. The van der Waals surface area contributed by atoms with E-state index in [0.717, 1.165) is 11.4 Å². The first kappa shape index (κ1) is 16.9. The molecule has 1 amide bonds. The molecule has 0 aliphatic rings. The molecule has 0 bridgehead atoms. The lowest BCUT2D eigenvalue weighted by molar-refractivity contribution is 0.0522. The fourth-order valence-corrected chi connectivity index (χ4v) is 2.51. The highest BCUT2D eigenvalue weighted by molar-refractivity contribution is 7.09. The van der Waals surface area contributed by atoms with Gasteiger partial charge in [0.25, 0.3) is 0 Å². The molecule has 2 N–H and O–H groups in total. The zero-order valence-corrected chi connectivity index (χ0v) is 13.7. The smallest absolute Gasteiger partial charge is 0.407 e. The molecule has 1 aromatic heterocycles. The molecule has 6 heteroatoms. The number of rotatable bonds is 6. The first-order valence-electron chi connectivity index (χ1n) is 6.94. The van der Waals surface area contributed by atoms with Crippen LogP contribution in [-0.2, 0) is 4.74 Å². The third-order valence-electron chi connectivity index (χ3n) is 2.59. The van der Waals surface area contributed by atoms with Crippen molar-refractivity contribution in [3.05, 3.63) is 16.6 Å². The van der Waals surface area contributed by atoms with Gasteiger partial charge >= 0.3 is 6.09 Å². The van der Waals surface area contributed by atoms with Gasteiger partial charge in [-0.05, 0) is 34.1 Å². The summed E-state index contributed by atoms with van der Waals surface area (Å²) >= 11 is 1.64. The van der Waals surface area contributed by atoms with Crippen LogP contribution in [0.2, 0.25) is 0 Å². The third-order valence-corrected chi connectivity index (χ3v) is 3.48. The summed E-state index contributed by atoms with van der Waals surface area (Å²) in [6, 6.07) is 0.377. The highest BCUT2D eigenvalue weighted by Gasteiger charge is 2.18. The first-order chi connectivity index (χ1) is 9.31. The largest absolute Gasteiger partial charge is 0.444 e. The van der Waals surface area contributed by atoms with Crippen molar-refractivity contribution in [1.82, 2.24) is 15.6 Å². The molecule has 1 rings (SSSR count). The van der Waals surface area contributed by atoms with E-state index in [0.29, 0.717) is 6.54 Å². The molecule has 1 aromatic rings. The molecule has 5 nitrogen and oxygen atoms in total. The van der Waals surface area contributed by atoms with E-state index >= 15 is 0 Å². The second-order valence-electron chi connectivity index (χ2n) is 5.78. The van der Waals surface area contributed by atoms with Crippen LogP contribution < -0.4 is 10.6 Å². The van der Waals surface area contributed by atoms with E-state index in [2.05, 4.69) is 22.5 Å². The van der Waals surface area contributed by atoms with E-state index in [1.165, 1.54) is 0 Å². The van der Waals surface area contributed by atoms with Crippen molar-refractivity contribution in [1.29, 1.82) is 0 Å². The minimum absolute atomic E-state index is 0.149. The van der Waals surface area contributed by atoms with Crippen molar-refractivity contribution < 1.29 is 9.53 Å². The topological polar surface area (TPSA) is 63.2 Å². The summed E-state index contributed by atoms with van der Waals surface area (Å²) in [4.78, 5) is 15.9. The van der Waals surface area contributed by atoms with Gasteiger partial charge in [-0.1, -0.05) is 6.92 Å². The molecular weight excluding hydrogens is 274 g/mol. The number of carbonyl (C=O) groups excluding carboxylic acids is 1. The molecule has 2 atom stereocenters. The highest BCUT2D eigenvalue weighted by atomic mass is 32.1. The van der Waals surface area contributed by atoms with Gasteiger partial charge in [-0.15, -0.1) is 11.3 Å². The Hall–Kier alpha value is -1.14. The van der Waals surface area contributed by atoms with Gasteiger partial charge in [-0.3, -0.25) is 0 Å². The summed E-state index contributed by atoms with van der Waals surface area (Å²) < 4.78 is 5.20. The molecule has 0 radical (unpaired) electrons. The number of alkyl carbamates (subject to hydrolysis) is 1. The maximum Gasteiger partial charge on any atom is 0.407 e. The Morgan fingerprint density at radius 1 is 1.50 bits per heavy atom. The van der Waals surface area contributed by atoms with Crippen molar-refractivity contribution >= 4 is 17.4 Å². The maximum absolute atomic E-state index is 11.6. The number of nitrogens with one attached hydrogen (secondary N) is 2. The molecule has 0 aliphatic heterocycles. The van der Waals surface area contributed by atoms with E-state index in [-0.39, 0.29) is 18.2 Å². The zero-order valence-electron chi connectivity index (χ0n) is 12.9. The van der Waals surface area contributed by atoms with Gasteiger partial charge in [-0.25, -0.2) is 9.78 Å². The van der Waals surface area contributed by atoms with Crippen molar-refractivity contribution in [2.75, 3.05) is 6.54 Å². The molecule has 0 aromatic carbocycles. The van der Waals surface area contributed by atoms with Crippen molar-refractivity contribution in [2.45, 2.75) is 58.7 Å². The molecule has 2 unspecified atom stereocenters. The van der Waals surface area contributed by atoms with E-state index < -0.39 is 5.60 Å². The number of carbonyl (C=O) groups is 1. The Balaban J connectivity index is 2.36. The van der Waals surface area contributed by atoms with Crippen molar-refractivity contribution in [3.8, 4) is 0 Å². The molecular formula is C14H25N3O2S. The van der Waals surface area contributed by atoms with E-state index in [1.54, 1.807) is 11.3 Å². The van der Waals surface area contributed by atoms with E-state index in [4.69, 9.17) is 4.74 Å². The average molecular weight is 299 g/mol. The standard InChI is InChI=1S/C14H25N3O2S/c1-6-11(12-15-7-8-20-12)17-10(2)9-16-13(18)19-14(3,4)5/h7-8,10-11,17H,6,9H2,1-5H3,(H,16,18). The second kappa shape index (κ2) is 7.59. The average Bonchev–Trinajstić information content (AvgIpc) is 2.85. The summed E-state index contributed by atoms with van der Waals surface area (Å²) in [5.41, 5.74) is -0.465. The number of hydrogen-bond donors (Lipinski definition) is 2. The van der Waals surface area contributed by atoms with Gasteiger partial charge in [-0.2, -0.15) is 0 Å². The maximum atomic E-state index is 11.6. The van der Waals surface area contributed by atoms with Gasteiger partial charge in [0.2, 0.25) is 0 Å². The molecule has 0 saturated carbocycles. The lowest BCUT2D eigenvalue weighted by Crippen LogP contribution is -2.42. The van der Waals surface area contributed by atoms with E-state index in [9.17, 15) is 4.79 Å². The summed E-state index contributed by atoms with van der Waals surface area (Å²) in [5.74, 6) is 0. The van der Waals surface area contributed by atoms with Crippen LogP contribution >= 0.6 is 11.3 Å². The van der Waals surface area contributed by atoms with Crippen LogP contribution in [0, 0.1) is 0 Å². The molecule has 1 heterocycles. The Labute approximate surface area is 125 Å². The van der Waals surface area contributed by atoms with Crippen LogP contribution in [0.3, 0.4) is 0 Å². The predicted molar refractivity (Wildman–Crippen MR) is 82.0 cm³/mol. The number of nitrogens with zero attached hydrogens (tertiary/aromatic N) is 1. The first-order valence-corrected chi connectivity index (χ1v) is 7.82. The lowest BCUT2D eigenvalue weighted by Gasteiger charge is -2.23. The molecule has 0 saturated heterocycles. The van der Waals surface area contributed by atoms with Gasteiger partial charge in [0.15, 0.2) is 0 Å². The van der Waals surface area contributed by atoms with Crippen LogP contribution in [0.1, 0.15) is 52.1 Å². The van der Waals surface area contributed by atoms with Crippen LogP contribution in [-0.4, -0.2) is 29.3 Å². The fourth-order valence-electron chi connectivity index (χ4n) is 1.72. The number of thiazole rings is 1. The predicted octanol–water partition coefficient (Wildman–Crippen LogP) is 3.10. The van der Waals surface area contributed by atoms with Gasteiger partial charge in [0, 0.05) is 24.2 Å². The highest BCUT2D eigenvalue weighted by Crippen LogP contribution is 2.19. The third kappa shape index (κ3) is 6.34. The van der Waals surface area contributed by atoms with E-state index in [1.807, 2.05) is 39.3 Å². The SMILES string of the molecule is CCC(NC(C)CNC(=O)OC(C)(C)C)c1nccs1. The second-order valence-corrected chi connectivity index (χ2v) is 6.71. The number of hydrogen-bond acceptors (Lipinski definition) is 5. The molecule has 0 aliphatic carbocycles. The van der Waals surface area contributed by atoms with Crippen LogP contribution in [0.4, 0.5) is 4.79 Å². The normalized spacial score (nSPS) is 14.7. The molecule has 20 heavy (non-hydrogen) atoms. The quantitative estimate of drug-likeness (QED) is 0.847. The van der Waals surface area contributed by atoms with Gasteiger partial charge in [0.05, 0.1) is 6.04 Å². The van der Waals surface area contributed by atoms with Gasteiger partial charge < -0.3 is 15.4 Å². The van der Waals surface area contributed by atoms with Crippen LogP contribution in [0.5, 0.6) is 0 Å². The van der Waals surface area contributed by atoms with Gasteiger partial charge in [0.1, 0.15) is 10.6 Å². The summed E-state index contributed by atoms with van der Waals surface area (Å²) in [6.45, 7) is 10.2. The minimum Gasteiger partial charge on any atom is -0.444 e. The number of amides is 1. The molecule has 0 fully saturated rings. The Bertz CT molecular complexity index is 401. The minimum atomic E-state index is -0.465. The monoisotopic (exact) mass is 299 g/mol. The molecule has 114 valence electrons. The van der Waals surface area contributed by atoms with Crippen molar-refractivity contribution in [2.24, 2.45) is 0 Å². The molecule has 0 spiro atoms. The Morgan fingerprint density at radius 3 is 2.70 bits per heavy atom.